The summed E-state index contributed by atoms with van der Waals surface area (Å²) in [4.78, 5) is 13.2. The summed E-state index contributed by atoms with van der Waals surface area (Å²) in [5, 5.41) is 9.70. The number of halogens is 1. The SMILES string of the molecule is CC1=C(C#N)[C@H](c2ccccc2)C2=C(C[C@H](c3ccc(Br)cc3)CC2=O)O1. The van der Waals surface area contributed by atoms with E-state index in [-0.39, 0.29) is 17.6 Å². The Hall–Kier alpha value is -2.64. The predicted molar refractivity (Wildman–Crippen MR) is 107 cm³/mol. The first-order valence-electron chi connectivity index (χ1n) is 8.94. The van der Waals surface area contributed by atoms with Gasteiger partial charge in [0.05, 0.1) is 17.6 Å². The number of ketones is 1. The first-order chi connectivity index (χ1) is 13.1. The van der Waals surface area contributed by atoms with Crippen LogP contribution < -0.4 is 0 Å². The smallest absolute Gasteiger partial charge is 0.163 e. The lowest BCUT2D eigenvalue weighted by Gasteiger charge is -2.34. The van der Waals surface area contributed by atoms with Gasteiger partial charge >= 0.3 is 0 Å². The van der Waals surface area contributed by atoms with Crippen molar-refractivity contribution in [2.24, 2.45) is 0 Å². The first kappa shape index (κ1) is 17.8. The van der Waals surface area contributed by atoms with Gasteiger partial charge in [0.15, 0.2) is 5.78 Å². The number of Topliss-reactive ketones (excluding diaryl/α,β-unsaturated/α-hetero) is 1. The van der Waals surface area contributed by atoms with E-state index in [0.717, 1.165) is 15.6 Å². The molecular weight excluding hydrogens is 402 g/mol. The predicted octanol–water partition coefficient (Wildman–Crippen LogP) is 5.76. The molecule has 0 spiro atoms. The molecule has 1 aliphatic heterocycles. The topological polar surface area (TPSA) is 50.1 Å². The Bertz CT molecular complexity index is 997. The summed E-state index contributed by atoms with van der Waals surface area (Å²) in [6.45, 7) is 1.81. The number of allylic oxidation sites excluding steroid dienone is 4. The van der Waals surface area contributed by atoms with Gasteiger partial charge in [0, 0.05) is 22.9 Å². The van der Waals surface area contributed by atoms with Gasteiger partial charge in [-0.2, -0.15) is 5.26 Å². The average molecular weight is 420 g/mol. The second kappa shape index (κ2) is 7.17. The van der Waals surface area contributed by atoms with Crippen LogP contribution in [0.15, 0.2) is 81.7 Å². The van der Waals surface area contributed by atoms with Crippen molar-refractivity contribution in [3.63, 3.8) is 0 Å². The maximum absolute atomic E-state index is 13.2. The van der Waals surface area contributed by atoms with E-state index in [0.29, 0.717) is 35.5 Å². The van der Waals surface area contributed by atoms with E-state index in [1.54, 1.807) is 0 Å². The molecule has 134 valence electrons. The van der Waals surface area contributed by atoms with Crippen LogP contribution in [0.5, 0.6) is 0 Å². The van der Waals surface area contributed by atoms with E-state index in [1.165, 1.54) is 0 Å². The minimum atomic E-state index is -0.335. The van der Waals surface area contributed by atoms with Crippen molar-refractivity contribution in [2.75, 3.05) is 0 Å². The molecule has 2 aromatic carbocycles. The molecule has 0 aromatic heterocycles. The Morgan fingerprint density at radius 1 is 1.04 bits per heavy atom. The van der Waals surface area contributed by atoms with Gasteiger partial charge in [-0.3, -0.25) is 4.79 Å². The zero-order valence-corrected chi connectivity index (χ0v) is 16.5. The van der Waals surface area contributed by atoms with Crippen molar-refractivity contribution in [1.82, 2.24) is 0 Å². The molecule has 0 saturated heterocycles. The molecule has 0 bridgehead atoms. The Morgan fingerprint density at radius 2 is 1.74 bits per heavy atom. The molecule has 4 rings (SSSR count). The molecule has 0 unspecified atom stereocenters. The molecule has 3 nitrogen and oxygen atoms in total. The van der Waals surface area contributed by atoms with Crippen LogP contribution in [0.2, 0.25) is 0 Å². The number of nitrogens with zero attached hydrogens (tertiary/aromatic N) is 1. The van der Waals surface area contributed by atoms with Crippen LogP contribution in [0.3, 0.4) is 0 Å². The fourth-order valence-electron chi connectivity index (χ4n) is 3.99. The number of carbonyl (C=O) groups excluding carboxylic acids is 1. The Balaban J connectivity index is 1.77. The molecule has 4 heteroatoms. The summed E-state index contributed by atoms with van der Waals surface area (Å²) in [5.41, 5.74) is 3.26. The number of hydrogen-bond donors (Lipinski definition) is 0. The lowest BCUT2D eigenvalue weighted by atomic mass is 9.73. The van der Waals surface area contributed by atoms with Crippen molar-refractivity contribution in [2.45, 2.75) is 31.6 Å². The van der Waals surface area contributed by atoms with Crippen molar-refractivity contribution in [3.8, 4) is 6.07 Å². The Morgan fingerprint density at radius 3 is 2.41 bits per heavy atom. The molecule has 0 fully saturated rings. The molecule has 2 aromatic rings. The van der Waals surface area contributed by atoms with Crippen LogP contribution in [0.25, 0.3) is 0 Å². The summed E-state index contributed by atoms with van der Waals surface area (Å²) in [5.74, 6) is 1.13. The molecule has 2 atom stereocenters. The van der Waals surface area contributed by atoms with Crippen molar-refractivity contribution in [1.29, 1.82) is 5.26 Å². The Labute approximate surface area is 167 Å². The quantitative estimate of drug-likeness (QED) is 0.621. The monoisotopic (exact) mass is 419 g/mol. The van der Waals surface area contributed by atoms with Gasteiger partial charge in [-0.15, -0.1) is 0 Å². The van der Waals surface area contributed by atoms with Crippen LogP contribution in [0, 0.1) is 11.3 Å². The van der Waals surface area contributed by atoms with Crippen LogP contribution in [0.4, 0.5) is 0 Å². The fourth-order valence-corrected chi connectivity index (χ4v) is 4.26. The van der Waals surface area contributed by atoms with Crippen molar-refractivity contribution < 1.29 is 9.53 Å². The van der Waals surface area contributed by atoms with Gasteiger partial charge in [0.25, 0.3) is 0 Å². The lowest BCUT2D eigenvalue weighted by molar-refractivity contribution is -0.117. The minimum Gasteiger partial charge on any atom is -0.465 e. The van der Waals surface area contributed by atoms with Crippen molar-refractivity contribution in [3.05, 3.63) is 92.9 Å². The number of nitriles is 1. The highest BCUT2D eigenvalue weighted by atomic mass is 79.9. The van der Waals surface area contributed by atoms with E-state index in [2.05, 4.69) is 34.1 Å². The number of ether oxygens (including phenoxy) is 1. The molecule has 1 aliphatic carbocycles. The van der Waals surface area contributed by atoms with E-state index >= 15 is 0 Å². The molecule has 2 aliphatic rings. The van der Waals surface area contributed by atoms with Crippen LogP contribution in [0.1, 0.15) is 42.7 Å². The largest absolute Gasteiger partial charge is 0.465 e. The third-order valence-corrected chi connectivity index (χ3v) is 5.82. The highest BCUT2D eigenvalue weighted by Gasteiger charge is 2.40. The second-order valence-electron chi connectivity index (χ2n) is 6.94. The zero-order valence-electron chi connectivity index (χ0n) is 14.9. The van der Waals surface area contributed by atoms with Crippen LogP contribution in [-0.2, 0) is 9.53 Å². The number of hydrogen-bond acceptors (Lipinski definition) is 3. The molecule has 27 heavy (non-hydrogen) atoms. The normalized spacial score (nSPS) is 22.2. The van der Waals surface area contributed by atoms with Crippen molar-refractivity contribution >= 4 is 21.7 Å². The standard InChI is InChI=1S/C23H18BrNO2/c1-14-19(13-25)22(16-5-3-2-4-6-16)23-20(26)11-17(12-21(23)27-14)15-7-9-18(24)10-8-15/h2-10,17,22H,11-12H2,1H3/t17-,22+/m1/s1. The summed E-state index contributed by atoms with van der Waals surface area (Å²) >= 11 is 3.46. The molecular formula is C23H18BrNO2. The molecule has 0 saturated carbocycles. The van der Waals surface area contributed by atoms with Gasteiger partial charge in [-0.1, -0.05) is 58.4 Å². The Kier molecular flexibility index (Phi) is 4.72. The van der Waals surface area contributed by atoms with Gasteiger partial charge in [0.2, 0.25) is 0 Å². The molecule has 0 N–H and O–H groups in total. The summed E-state index contributed by atoms with van der Waals surface area (Å²) in [6, 6.07) is 20.1. The second-order valence-corrected chi connectivity index (χ2v) is 7.86. The van der Waals surface area contributed by atoms with Crippen LogP contribution >= 0.6 is 15.9 Å². The van der Waals surface area contributed by atoms with E-state index in [9.17, 15) is 10.1 Å². The zero-order chi connectivity index (χ0) is 19.0. The molecule has 0 amide bonds. The molecule has 0 radical (unpaired) electrons. The highest BCUT2D eigenvalue weighted by Crippen LogP contribution is 2.47. The lowest BCUT2D eigenvalue weighted by Crippen LogP contribution is -2.27. The summed E-state index contributed by atoms with van der Waals surface area (Å²) in [7, 11) is 0. The fraction of sp³-hybridized carbons (Fsp3) is 0.217. The minimum absolute atomic E-state index is 0.0678. The average Bonchev–Trinajstić information content (AvgIpc) is 2.68. The number of benzene rings is 2. The summed E-state index contributed by atoms with van der Waals surface area (Å²) in [6.07, 6.45) is 1.10. The van der Waals surface area contributed by atoms with Crippen LogP contribution in [-0.4, -0.2) is 5.78 Å². The van der Waals surface area contributed by atoms with Gasteiger partial charge < -0.3 is 4.74 Å². The maximum atomic E-state index is 13.2. The summed E-state index contributed by atoms with van der Waals surface area (Å²) < 4.78 is 7.02. The third-order valence-electron chi connectivity index (χ3n) is 5.29. The van der Waals surface area contributed by atoms with E-state index in [1.807, 2.05) is 49.4 Å². The number of carbonyl (C=O) groups is 1. The highest BCUT2D eigenvalue weighted by molar-refractivity contribution is 9.10. The van der Waals surface area contributed by atoms with E-state index < -0.39 is 0 Å². The van der Waals surface area contributed by atoms with Gasteiger partial charge in [-0.25, -0.2) is 0 Å². The molecule has 1 heterocycles. The van der Waals surface area contributed by atoms with E-state index in [4.69, 9.17) is 4.74 Å². The number of rotatable bonds is 2. The maximum Gasteiger partial charge on any atom is 0.163 e. The third kappa shape index (κ3) is 3.24. The van der Waals surface area contributed by atoms with Gasteiger partial charge in [-0.05, 0) is 36.1 Å². The first-order valence-corrected chi connectivity index (χ1v) is 9.73. The van der Waals surface area contributed by atoms with Gasteiger partial charge in [0.1, 0.15) is 11.5 Å².